The minimum atomic E-state index is -0.485. The summed E-state index contributed by atoms with van der Waals surface area (Å²) in [6.45, 7) is 1.88. The van der Waals surface area contributed by atoms with Gasteiger partial charge < -0.3 is 5.11 Å². The van der Waals surface area contributed by atoms with Gasteiger partial charge >= 0.3 is 0 Å². The molecule has 0 radical (unpaired) electrons. The van der Waals surface area contributed by atoms with E-state index < -0.39 is 5.56 Å². The van der Waals surface area contributed by atoms with Gasteiger partial charge in [0.2, 0.25) is 5.88 Å². The van der Waals surface area contributed by atoms with Gasteiger partial charge in [-0.15, -0.1) is 0 Å². The maximum absolute atomic E-state index is 12.5. The van der Waals surface area contributed by atoms with Gasteiger partial charge in [0.25, 0.3) is 5.56 Å². The minimum Gasteiger partial charge on any atom is -0.494 e. The van der Waals surface area contributed by atoms with Crippen LogP contribution in [0.4, 0.5) is 5.69 Å². The number of nitrogens with zero attached hydrogens (tertiary/aromatic N) is 2. The van der Waals surface area contributed by atoms with Crippen LogP contribution in [0.1, 0.15) is 16.7 Å². The molecule has 2 aromatic carbocycles. The van der Waals surface area contributed by atoms with Crippen LogP contribution in [0.3, 0.4) is 0 Å². The van der Waals surface area contributed by atoms with E-state index in [-0.39, 0.29) is 16.2 Å². The Morgan fingerprint density at radius 3 is 2.82 bits per heavy atom. The van der Waals surface area contributed by atoms with Gasteiger partial charge in [-0.05, 0) is 61.1 Å². The van der Waals surface area contributed by atoms with Crippen LogP contribution in [0.5, 0.6) is 5.88 Å². The Hall–Kier alpha value is -2.48. The van der Waals surface area contributed by atoms with E-state index in [2.05, 4.69) is 25.9 Å². The summed E-state index contributed by atoms with van der Waals surface area (Å²) in [5, 5.41) is 11.4. The van der Waals surface area contributed by atoms with Gasteiger partial charge in [-0.3, -0.25) is 19.3 Å². The second-order valence-corrected chi connectivity index (χ2v) is 7.99. The molecule has 1 aromatic heterocycles. The third kappa shape index (κ3) is 3.26. The van der Waals surface area contributed by atoms with Crippen LogP contribution in [0.2, 0.25) is 5.02 Å². The molecule has 140 valence electrons. The van der Waals surface area contributed by atoms with Crippen molar-refractivity contribution in [2.45, 2.75) is 6.92 Å². The van der Waals surface area contributed by atoms with Gasteiger partial charge in [0.1, 0.15) is 5.56 Å². The molecule has 1 aliphatic rings. The molecule has 0 saturated carbocycles. The van der Waals surface area contributed by atoms with Crippen molar-refractivity contribution in [3.63, 3.8) is 0 Å². The number of hydrogen-bond donors (Lipinski definition) is 2. The maximum Gasteiger partial charge on any atom is 0.262 e. The molecule has 28 heavy (non-hydrogen) atoms. The average molecular weight is 475 g/mol. The van der Waals surface area contributed by atoms with Gasteiger partial charge in [0.05, 0.1) is 11.4 Å². The number of allylic oxidation sites excluding steroid dienone is 1. The lowest BCUT2D eigenvalue weighted by Crippen LogP contribution is -2.16. The third-order valence-corrected chi connectivity index (χ3v) is 5.63. The SMILES string of the molecule is Cc1ccc(-n2c(O)c(C=C3C=Nc4ccc(Br)cc43)c(=O)[nH]c2=S)cc1Cl. The summed E-state index contributed by atoms with van der Waals surface area (Å²) < 4.78 is 2.35. The highest BCUT2D eigenvalue weighted by atomic mass is 79.9. The quantitative estimate of drug-likeness (QED) is 0.476. The van der Waals surface area contributed by atoms with E-state index in [9.17, 15) is 9.90 Å². The fourth-order valence-corrected chi connectivity index (χ4v) is 3.78. The van der Waals surface area contributed by atoms with E-state index in [0.29, 0.717) is 16.3 Å². The van der Waals surface area contributed by atoms with Gasteiger partial charge in [-0.2, -0.15) is 0 Å². The zero-order chi connectivity index (χ0) is 20.0. The van der Waals surface area contributed by atoms with Crippen LogP contribution in [0.15, 0.2) is 50.7 Å². The number of aromatic hydroxyl groups is 1. The Balaban J connectivity index is 1.92. The first-order valence-electron chi connectivity index (χ1n) is 8.25. The fraction of sp³-hybridized carbons (Fsp3) is 0.0500. The van der Waals surface area contributed by atoms with Crippen LogP contribution in [-0.2, 0) is 0 Å². The highest BCUT2D eigenvalue weighted by Gasteiger charge is 2.17. The predicted molar refractivity (Wildman–Crippen MR) is 119 cm³/mol. The van der Waals surface area contributed by atoms with E-state index in [1.54, 1.807) is 24.4 Å². The van der Waals surface area contributed by atoms with Crippen LogP contribution >= 0.6 is 39.7 Å². The van der Waals surface area contributed by atoms with Crippen LogP contribution in [-0.4, -0.2) is 20.9 Å². The molecule has 2 heterocycles. The first-order chi connectivity index (χ1) is 13.3. The van der Waals surface area contributed by atoms with E-state index in [0.717, 1.165) is 21.3 Å². The lowest BCUT2D eigenvalue weighted by atomic mass is 10.1. The molecular formula is C20H13BrClN3O2S. The number of rotatable bonds is 2. The van der Waals surface area contributed by atoms with Crippen LogP contribution in [0, 0.1) is 11.7 Å². The molecule has 0 aliphatic carbocycles. The first kappa shape index (κ1) is 18.9. The molecule has 1 aliphatic heterocycles. The van der Waals surface area contributed by atoms with Crippen molar-refractivity contribution in [1.82, 2.24) is 9.55 Å². The lowest BCUT2D eigenvalue weighted by Gasteiger charge is -2.12. The number of aromatic amines is 1. The maximum atomic E-state index is 12.5. The molecular weight excluding hydrogens is 462 g/mol. The Kier molecular flexibility index (Phi) is 4.82. The van der Waals surface area contributed by atoms with Crippen molar-refractivity contribution in [2.24, 2.45) is 4.99 Å². The largest absolute Gasteiger partial charge is 0.494 e. The van der Waals surface area contributed by atoms with E-state index in [1.807, 2.05) is 31.2 Å². The predicted octanol–water partition coefficient (Wildman–Crippen LogP) is 5.58. The summed E-state index contributed by atoms with van der Waals surface area (Å²) in [4.78, 5) is 19.5. The summed E-state index contributed by atoms with van der Waals surface area (Å²) in [5.41, 5.74) is 3.41. The molecule has 0 fully saturated rings. The average Bonchev–Trinajstić information content (AvgIpc) is 3.03. The minimum absolute atomic E-state index is 0.0767. The molecule has 4 rings (SSSR count). The zero-order valence-corrected chi connectivity index (χ0v) is 17.7. The summed E-state index contributed by atoms with van der Waals surface area (Å²) in [6.07, 6.45) is 3.25. The Bertz CT molecular complexity index is 1310. The van der Waals surface area contributed by atoms with Crippen LogP contribution in [0.25, 0.3) is 17.3 Å². The topological polar surface area (TPSA) is 70.4 Å². The molecule has 0 atom stereocenters. The number of nitrogens with one attached hydrogen (secondary N) is 1. The Morgan fingerprint density at radius 2 is 2.07 bits per heavy atom. The molecule has 0 bridgehead atoms. The summed E-state index contributed by atoms with van der Waals surface area (Å²) in [7, 11) is 0. The van der Waals surface area contributed by atoms with Crippen molar-refractivity contribution in [3.05, 3.63) is 77.7 Å². The number of aryl methyl sites for hydroxylation is 1. The molecule has 5 nitrogen and oxygen atoms in total. The monoisotopic (exact) mass is 473 g/mol. The normalized spacial score (nSPS) is 13.9. The van der Waals surface area contributed by atoms with Gasteiger partial charge in [-0.25, -0.2) is 0 Å². The molecule has 2 N–H and O–H groups in total. The number of halogens is 2. The van der Waals surface area contributed by atoms with Crippen molar-refractivity contribution >= 4 is 63.3 Å². The van der Waals surface area contributed by atoms with Crippen molar-refractivity contribution in [3.8, 4) is 11.6 Å². The van der Waals surface area contributed by atoms with Crippen molar-refractivity contribution in [1.29, 1.82) is 0 Å². The summed E-state index contributed by atoms with van der Waals surface area (Å²) >= 11 is 14.9. The second-order valence-electron chi connectivity index (χ2n) is 6.28. The number of hydrogen-bond acceptors (Lipinski definition) is 4. The van der Waals surface area contributed by atoms with Gasteiger partial charge in [-0.1, -0.05) is 33.6 Å². The number of fused-ring (bicyclic) bond motifs is 1. The highest BCUT2D eigenvalue weighted by Crippen LogP contribution is 2.35. The number of aromatic nitrogens is 2. The smallest absolute Gasteiger partial charge is 0.262 e. The summed E-state index contributed by atoms with van der Waals surface area (Å²) in [6, 6.07) is 11.0. The Morgan fingerprint density at radius 1 is 1.29 bits per heavy atom. The van der Waals surface area contributed by atoms with E-state index in [4.69, 9.17) is 23.8 Å². The molecule has 0 saturated heterocycles. The zero-order valence-electron chi connectivity index (χ0n) is 14.5. The number of aliphatic imine (C=N–C) groups is 1. The lowest BCUT2D eigenvalue weighted by molar-refractivity contribution is 0.432. The fourth-order valence-electron chi connectivity index (χ4n) is 2.96. The molecule has 0 spiro atoms. The van der Waals surface area contributed by atoms with Crippen molar-refractivity contribution in [2.75, 3.05) is 0 Å². The van der Waals surface area contributed by atoms with E-state index in [1.165, 1.54) is 4.57 Å². The molecule has 8 heteroatoms. The van der Waals surface area contributed by atoms with Crippen molar-refractivity contribution < 1.29 is 5.11 Å². The Labute approximate surface area is 178 Å². The van der Waals surface area contributed by atoms with Gasteiger partial charge in [0, 0.05) is 26.8 Å². The number of benzene rings is 2. The molecule has 0 unspecified atom stereocenters. The van der Waals surface area contributed by atoms with E-state index >= 15 is 0 Å². The molecule has 3 aromatic rings. The first-order valence-corrected chi connectivity index (χ1v) is 9.83. The summed E-state index contributed by atoms with van der Waals surface area (Å²) in [5.74, 6) is -0.266. The third-order valence-electron chi connectivity index (χ3n) is 4.45. The second kappa shape index (κ2) is 7.16. The standard InChI is InChI=1S/C20H13BrClN3O2S/c1-10-2-4-13(8-16(10)22)25-19(27)15(18(26)24-20(25)28)6-11-9-23-17-5-3-12(21)7-14(11)17/h2-9,27H,1H3,(H,24,26,28). The van der Waals surface area contributed by atoms with Gasteiger partial charge in [0.15, 0.2) is 4.77 Å². The highest BCUT2D eigenvalue weighted by molar-refractivity contribution is 9.10. The van der Waals surface area contributed by atoms with Crippen LogP contribution < -0.4 is 5.56 Å². The molecule has 0 amide bonds. The number of H-pyrrole nitrogens is 1.